The first-order valence-electron chi connectivity index (χ1n) is 5.61. The number of rotatable bonds is 5. The van der Waals surface area contributed by atoms with Gasteiger partial charge in [0.05, 0.1) is 13.7 Å². The average Bonchev–Trinajstić information content (AvgIpc) is 2.35. The Kier molecular flexibility index (Phi) is 4.97. The molecule has 0 heterocycles. The second kappa shape index (κ2) is 6.25. The third kappa shape index (κ3) is 3.75. The molecule has 0 saturated heterocycles. The quantitative estimate of drug-likeness (QED) is 0.793. The minimum atomic E-state index is -0.396. The van der Waals surface area contributed by atoms with Gasteiger partial charge in [0.25, 0.3) is 0 Å². The van der Waals surface area contributed by atoms with Crippen molar-refractivity contribution in [3.8, 4) is 5.75 Å². The van der Waals surface area contributed by atoms with Crippen molar-refractivity contribution in [1.82, 2.24) is 0 Å². The number of benzene rings is 1. The van der Waals surface area contributed by atoms with E-state index in [-0.39, 0.29) is 13.2 Å². The van der Waals surface area contributed by atoms with Crippen molar-refractivity contribution < 1.29 is 14.3 Å². The zero-order valence-electron chi connectivity index (χ0n) is 10.5. The molecule has 0 amide bonds. The molecular formula is C13H19NO3. The summed E-state index contributed by atoms with van der Waals surface area (Å²) < 4.78 is 10.3. The number of esters is 1. The fourth-order valence-corrected chi connectivity index (χ4v) is 1.55. The summed E-state index contributed by atoms with van der Waals surface area (Å²) in [6.07, 6.45) is 0. The van der Waals surface area contributed by atoms with E-state index in [0.29, 0.717) is 5.92 Å². The molecule has 0 aliphatic carbocycles. The first-order valence-corrected chi connectivity index (χ1v) is 5.61. The second-order valence-electron chi connectivity index (χ2n) is 4.10. The molecule has 1 aromatic rings. The van der Waals surface area contributed by atoms with E-state index in [0.717, 1.165) is 16.9 Å². The zero-order valence-corrected chi connectivity index (χ0v) is 10.5. The summed E-state index contributed by atoms with van der Waals surface area (Å²) in [5.41, 5.74) is 7.21. The lowest BCUT2D eigenvalue weighted by molar-refractivity contribution is -0.143. The van der Waals surface area contributed by atoms with Gasteiger partial charge < -0.3 is 15.2 Å². The Bertz CT molecular complexity index is 388. The third-order valence-electron chi connectivity index (χ3n) is 2.48. The summed E-state index contributed by atoms with van der Waals surface area (Å²) in [5, 5.41) is 0. The lowest BCUT2D eigenvalue weighted by Gasteiger charge is -2.13. The van der Waals surface area contributed by atoms with Gasteiger partial charge in [-0.1, -0.05) is 19.9 Å². The molecule has 4 nitrogen and oxygen atoms in total. The lowest BCUT2D eigenvalue weighted by Crippen LogP contribution is -2.16. The van der Waals surface area contributed by atoms with Gasteiger partial charge in [0.2, 0.25) is 0 Å². The fraction of sp³-hybridized carbons (Fsp3) is 0.462. The highest BCUT2D eigenvalue weighted by molar-refractivity contribution is 5.71. The van der Waals surface area contributed by atoms with Crippen molar-refractivity contribution in [2.75, 3.05) is 13.7 Å². The predicted molar refractivity (Wildman–Crippen MR) is 65.9 cm³/mol. The maximum atomic E-state index is 11.0. The number of carbonyl (C=O) groups is 1. The maximum Gasteiger partial charge on any atom is 0.320 e. The zero-order chi connectivity index (χ0) is 12.8. The van der Waals surface area contributed by atoms with Gasteiger partial charge in [-0.15, -0.1) is 0 Å². The van der Waals surface area contributed by atoms with E-state index in [2.05, 4.69) is 13.8 Å². The summed E-state index contributed by atoms with van der Waals surface area (Å²) in [4.78, 5) is 11.0. The molecule has 0 aromatic heterocycles. The van der Waals surface area contributed by atoms with Crippen LogP contribution in [0.1, 0.15) is 30.9 Å². The largest absolute Gasteiger partial charge is 0.496 e. The molecule has 1 rings (SSSR count). The number of hydrogen-bond donors (Lipinski definition) is 1. The Hall–Kier alpha value is -1.55. The van der Waals surface area contributed by atoms with Crippen LogP contribution in [0.5, 0.6) is 5.75 Å². The molecular weight excluding hydrogens is 218 g/mol. The van der Waals surface area contributed by atoms with Crippen LogP contribution in [-0.4, -0.2) is 19.6 Å². The molecule has 0 atom stereocenters. The van der Waals surface area contributed by atoms with Crippen LogP contribution in [0.2, 0.25) is 0 Å². The Morgan fingerprint density at radius 2 is 2.12 bits per heavy atom. The van der Waals surface area contributed by atoms with Crippen LogP contribution in [0.3, 0.4) is 0 Å². The summed E-state index contributed by atoms with van der Waals surface area (Å²) in [7, 11) is 1.65. The second-order valence-corrected chi connectivity index (χ2v) is 4.10. The third-order valence-corrected chi connectivity index (χ3v) is 2.48. The fourth-order valence-electron chi connectivity index (χ4n) is 1.55. The number of methoxy groups -OCH3 is 1. The highest BCUT2D eigenvalue weighted by Crippen LogP contribution is 2.27. The van der Waals surface area contributed by atoms with E-state index in [9.17, 15) is 4.79 Å². The number of hydrogen-bond acceptors (Lipinski definition) is 4. The summed E-state index contributed by atoms with van der Waals surface area (Å²) in [6, 6.07) is 5.77. The van der Waals surface area contributed by atoms with Gasteiger partial charge in [0, 0.05) is 0 Å². The van der Waals surface area contributed by atoms with Gasteiger partial charge >= 0.3 is 5.97 Å². The van der Waals surface area contributed by atoms with Crippen LogP contribution in [0.15, 0.2) is 18.2 Å². The molecule has 0 aliphatic rings. The molecule has 0 fully saturated rings. The van der Waals surface area contributed by atoms with Crippen molar-refractivity contribution in [3.05, 3.63) is 29.3 Å². The molecule has 0 saturated carbocycles. The average molecular weight is 237 g/mol. The van der Waals surface area contributed by atoms with Crippen molar-refractivity contribution >= 4 is 5.97 Å². The van der Waals surface area contributed by atoms with Crippen LogP contribution in [-0.2, 0) is 16.1 Å². The molecule has 4 heteroatoms. The van der Waals surface area contributed by atoms with Gasteiger partial charge in [0.1, 0.15) is 12.4 Å². The number of carbonyl (C=O) groups excluding carboxylic acids is 1. The van der Waals surface area contributed by atoms with Crippen molar-refractivity contribution in [2.24, 2.45) is 5.73 Å². The first kappa shape index (κ1) is 13.5. The van der Waals surface area contributed by atoms with Gasteiger partial charge in [0.15, 0.2) is 0 Å². The summed E-state index contributed by atoms with van der Waals surface area (Å²) in [5.74, 6) is 0.816. The van der Waals surface area contributed by atoms with Crippen molar-refractivity contribution in [1.29, 1.82) is 0 Å². The Balaban J connectivity index is 2.81. The standard InChI is InChI=1S/C13H19NO3/c1-9(2)11-6-10(4-5-12(11)16-3)8-17-13(15)7-14/h4-6,9H,7-8,14H2,1-3H3. The van der Waals surface area contributed by atoms with Gasteiger partial charge in [-0.05, 0) is 29.2 Å². The van der Waals surface area contributed by atoms with Crippen molar-refractivity contribution in [2.45, 2.75) is 26.4 Å². The molecule has 94 valence electrons. The van der Waals surface area contributed by atoms with Crippen LogP contribution >= 0.6 is 0 Å². The van der Waals surface area contributed by atoms with E-state index in [1.54, 1.807) is 7.11 Å². The normalized spacial score (nSPS) is 10.4. The SMILES string of the molecule is COc1ccc(COC(=O)CN)cc1C(C)C. The lowest BCUT2D eigenvalue weighted by atomic mass is 10.00. The van der Waals surface area contributed by atoms with Gasteiger partial charge in [-0.25, -0.2) is 0 Å². The molecule has 1 aromatic carbocycles. The van der Waals surface area contributed by atoms with Gasteiger partial charge in [-0.3, -0.25) is 4.79 Å². The molecule has 0 radical (unpaired) electrons. The van der Waals surface area contributed by atoms with Crippen LogP contribution in [0.25, 0.3) is 0 Å². The molecule has 0 spiro atoms. The van der Waals surface area contributed by atoms with E-state index in [1.165, 1.54) is 0 Å². The Labute approximate surface area is 102 Å². The van der Waals surface area contributed by atoms with Crippen LogP contribution in [0.4, 0.5) is 0 Å². The molecule has 2 N–H and O–H groups in total. The molecule has 17 heavy (non-hydrogen) atoms. The topological polar surface area (TPSA) is 61.5 Å². The van der Waals surface area contributed by atoms with Crippen LogP contribution in [0, 0.1) is 0 Å². The highest BCUT2D eigenvalue weighted by Gasteiger charge is 2.09. The van der Waals surface area contributed by atoms with E-state index < -0.39 is 5.97 Å². The maximum absolute atomic E-state index is 11.0. The molecule has 0 aliphatic heterocycles. The predicted octanol–water partition coefficient (Wildman–Crippen LogP) is 1.82. The Morgan fingerprint density at radius 1 is 1.41 bits per heavy atom. The minimum absolute atomic E-state index is 0.0901. The van der Waals surface area contributed by atoms with E-state index in [4.69, 9.17) is 15.2 Å². The number of nitrogens with two attached hydrogens (primary N) is 1. The first-order chi connectivity index (χ1) is 8.08. The number of ether oxygens (including phenoxy) is 2. The minimum Gasteiger partial charge on any atom is -0.496 e. The highest BCUT2D eigenvalue weighted by atomic mass is 16.5. The van der Waals surface area contributed by atoms with E-state index >= 15 is 0 Å². The monoisotopic (exact) mass is 237 g/mol. The summed E-state index contributed by atoms with van der Waals surface area (Å²) in [6.45, 7) is 4.34. The van der Waals surface area contributed by atoms with Crippen LogP contribution < -0.4 is 10.5 Å². The Morgan fingerprint density at radius 3 is 2.65 bits per heavy atom. The van der Waals surface area contributed by atoms with E-state index in [1.807, 2.05) is 18.2 Å². The smallest absolute Gasteiger partial charge is 0.320 e. The van der Waals surface area contributed by atoms with Gasteiger partial charge in [-0.2, -0.15) is 0 Å². The van der Waals surface area contributed by atoms with Crippen molar-refractivity contribution in [3.63, 3.8) is 0 Å². The molecule has 0 unspecified atom stereocenters. The summed E-state index contributed by atoms with van der Waals surface area (Å²) >= 11 is 0. The molecule has 0 bridgehead atoms.